The summed E-state index contributed by atoms with van der Waals surface area (Å²) in [5, 5.41) is 9.67. The van der Waals surface area contributed by atoms with E-state index in [1.165, 1.54) is 0 Å². The fourth-order valence-corrected chi connectivity index (χ4v) is 1.16. The van der Waals surface area contributed by atoms with Crippen LogP contribution < -0.4 is 0 Å². The van der Waals surface area contributed by atoms with Crippen LogP contribution in [-0.4, -0.2) is 37.6 Å². The highest BCUT2D eigenvalue weighted by atomic mass is 16.5. The Morgan fingerprint density at radius 2 is 1.71 bits per heavy atom. The molecule has 1 fully saturated rings. The number of hydrogen-bond donors (Lipinski definition) is 1. The highest BCUT2D eigenvalue weighted by Crippen LogP contribution is 2.19. The Labute approximate surface area is 87.4 Å². The van der Waals surface area contributed by atoms with Gasteiger partial charge < -0.3 is 14.6 Å². The summed E-state index contributed by atoms with van der Waals surface area (Å²) in [5.74, 6) is 0.833. The van der Waals surface area contributed by atoms with Crippen molar-refractivity contribution >= 4 is 0 Å². The van der Waals surface area contributed by atoms with Gasteiger partial charge in [-0.3, -0.25) is 0 Å². The Hall–Kier alpha value is -0.120. The highest BCUT2D eigenvalue weighted by Gasteiger charge is 2.29. The third kappa shape index (κ3) is 7.30. The molecule has 0 aromatic carbocycles. The van der Waals surface area contributed by atoms with E-state index >= 15 is 0 Å². The lowest BCUT2D eigenvalue weighted by atomic mass is 9.96. The maximum Gasteiger partial charge on any atom is 0.0923 e. The van der Waals surface area contributed by atoms with Gasteiger partial charge in [-0.1, -0.05) is 20.8 Å². The van der Waals surface area contributed by atoms with Gasteiger partial charge >= 0.3 is 0 Å². The maximum atomic E-state index is 9.67. The summed E-state index contributed by atoms with van der Waals surface area (Å²) in [5.41, 5.74) is -0.618. The molecule has 1 heterocycles. The van der Waals surface area contributed by atoms with Crippen molar-refractivity contribution in [2.75, 3.05) is 26.9 Å². The topological polar surface area (TPSA) is 38.7 Å². The minimum absolute atomic E-state index is 0.427. The standard InChI is InChI=1S/C7H14O3.C4H10/c1-9-6-7(8)2-4-10-5-3-7;1-4(2)3/h8H,2-6H2,1H3;4H,1-3H3. The molecule has 0 spiro atoms. The Morgan fingerprint density at radius 3 is 2.07 bits per heavy atom. The van der Waals surface area contributed by atoms with Crippen molar-refractivity contribution in [1.29, 1.82) is 0 Å². The number of hydrogen-bond acceptors (Lipinski definition) is 3. The van der Waals surface area contributed by atoms with E-state index in [-0.39, 0.29) is 0 Å². The van der Waals surface area contributed by atoms with Crippen molar-refractivity contribution < 1.29 is 14.6 Å². The number of rotatable bonds is 2. The molecule has 0 amide bonds. The van der Waals surface area contributed by atoms with Crippen molar-refractivity contribution in [2.24, 2.45) is 5.92 Å². The molecule has 1 saturated heterocycles. The summed E-state index contributed by atoms with van der Waals surface area (Å²) in [4.78, 5) is 0. The molecule has 0 aromatic rings. The van der Waals surface area contributed by atoms with Crippen molar-refractivity contribution in [1.82, 2.24) is 0 Å². The van der Waals surface area contributed by atoms with Crippen molar-refractivity contribution in [2.45, 2.75) is 39.2 Å². The SMILES string of the molecule is CC(C)C.COCC1(O)CCOCC1. The second-order valence-electron chi connectivity index (χ2n) is 4.50. The first kappa shape index (κ1) is 13.9. The van der Waals surface area contributed by atoms with Gasteiger partial charge in [0.2, 0.25) is 0 Å². The second kappa shape index (κ2) is 7.21. The van der Waals surface area contributed by atoms with E-state index in [1.807, 2.05) is 0 Å². The summed E-state index contributed by atoms with van der Waals surface area (Å²) in [7, 11) is 1.60. The average molecular weight is 204 g/mol. The van der Waals surface area contributed by atoms with Crippen LogP contribution in [0.15, 0.2) is 0 Å². The molecule has 3 nitrogen and oxygen atoms in total. The summed E-state index contributed by atoms with van der Waals surface area (Å²) < 4.78 is 9.97. The molecule has 0 aromatic heterocycles. The zero-order chi connectivity index (χ0) is 11.0. The van der Waals surface area contributed by atoms with Crippen LogP contribution in [0.25, 0.3) is 0 Å². The Bertz CT molecular complexity index is 120. The van der Waals surface area contributed by atoms with Gasteiger partial charge in [-0.15, -0.1) is 0 Å². The van der Waals surface area contributed by atoms with Crippen LogP contribution in [0, 0.1) is 5.92 Å². The Morgan fingerprint density at radius 1 is 1.29 bits per heavy atom. The number of ether oxygens (including phenoxy) is 2. The molecule has 1 aliphatic rings. The molecule has 0 aliphatic carbocycles. The normalized spacial score (nSPS) is 20.1. The van der Waals surface area contributed by atoms with Crippen LogP contribution in [0.2, 0.25) is 0 Å². The minimum Gasteiger partial charge on any atom is -0.387 e. The molecule has 0 radical (unpaired) electrons. The van der Waals surface area contributed by atoms with Crippen LogP contribution in [0.3, 0.4) is 0 Å². The lowest BCUT2D eigenvalue weighted by molar-refractivity contribution is -0.0992. The van der Waals surface area contributed by atoms with E-state index in [0.717, 1.165) is 5.92 Å². The third-order valence-electron chi connectivity index (χ3n) is 1.84. The second-order valence-corrected chi connectivity index (χ2v) is 4.50. The summed E-state index contributed by atoms with van der Waals surface area (Å²) in [6.07, 6.45) is 1.39. The van der Waals surface area contributed by atoms with Gasteiger partial charge in [0.1, 0.15) is 0 Å². The summed E-state index contributed by atoms with van der Waals surface area (Å²) in [6, 6.07) is 0. The molecule has 0 saturated carbocycles. The van der Waals surface area contributed by atoms with Crippen LogP contribution in [-0.2, 0) is 9.47 Å². The van der Waals surface area contributed by atoms with Crippen molar-refractivity contribution in [3.8, 4) is 0 Å². The van der Waals surface area contributed by atoms with Crippen LogP contribution >= 0.6 is 0 Å². The largest absolute Gasteiger partial charge is 0.387 e. The monoisotopic (exact) mass is 204 g/mol. The molecular weight excluding hydrogens is 180 g/mol. The number of methoxy groups -OCH3 is 1. The summed E-state index contributed by atoms with van der Waals surface area (Å²) >= 11 is 0. The zero-order valence-electron chi connectivity index (χ0n) is 9.88. The van der Waals surface area contributed by atoms with Gasteiger partial charge in [-0.05, 0) is 5.92 Å². The van der Waals surface area contributed by atoms with E-state index < -0.39 is 5.60 Å². The molecule has 0 atom stereocenters. The van der Waals surface area contributed by atoms with E-state index in [9.17, 15) is 5.11 Å². The fraction of sp³-hybridized carbons (Fsp3) is 1.00. The Balaban J connectivity index is 0.000000364. The molecule has 0 unspecified atom stereocenters. The average Bonchev–Trinajstić information content (AvgIpc) is 2.04. The van der Waals surface area contributed by atoms with Gasteiger partial charge in [-0.25, -0.2) is 0 Å². The first-order valence-corrected chi connectivity index (χ1v) is 5.29. The highest BCUT2D eigenvalue weighted by molar-refractivity contribution is 4.80. The Kier molecular flexibility index (Phi) is 7.15. The van der Waals surface area contributed by atoms with Gasteiger partial charge in [0.05, 0.1) is 12.2 Å². The predicted molar refractivity (Wildman–Crippen MR) is 57.4 cm³/mol. The van der Waals surface area contributed by atoms with Gasteiger partial charge in [0, 0.05) is 33.2 Å². The van der Waals surface area contributed by atoms with Gasteiger partial charge in [-0.2, -0.15) is 0 Å². The summed E-state index contributed by atoms with van der Waals surface area (Å²) in [6.45, 7) is 8.23. The first-order chi connectivity index (χ1) is 6.50. The van der Waals surface area contributed by atoms with Gasteiger partial charge in [0.25, 0.3) is 0 Å². The lowest BCUT2D eigenvalue weighted by Gasteiger charge is -2.30. The quantitative estimate of drug-likeness (QED) is 0.746. The third-order valence-corrected chi connectivity index (χ3v) is 1.84. The fourth-order valence-electron chi connectivity index (χ4n) is 1.16. The van der Waals surface area contributed by atoms with E-state index in [1.54, 1.807) is 7.11 Å². The lowest BCUT2D eigenvalue weighted by Crippen LogP contribution is -2.40. The smallest absolute Gasteiger partial charge is 0.0923 e. The van der Waals surface area contributed by atoms with Crippen molar-refractivity contribution in [3.05, 3.63) is 0 Å². The maximum absolute atomic E-state index is 9.67. The molecule has 1 N–H and O–H groups in total. The number of aliphatic hydroxyl groups is 1. The molecule has 1 rings (SSSR count). The molecular formula is C11H24O3. The van der Waals surface area contributed by atoms with Crippen LogP contribution in [0.1, 0.15) is 33.6 Å². The van der Waals surface area contributed by atoms with Crippen LogP contribution in [0.5, 0.6) is 0 Å². The van der Waals surface area contributed by atoms with Crippen LogP contribution in [0.4, 0.5) is 0 Å². The van der Waals surface area contributed by atoms with E-state index in [0.29, 0.717) is 32.7 Å². The first-order valence-electron chi connectivity index (χ1n) is 5.29. The molecule has 3 heteroatoms. The van der Waals surface area contributed by atoms with E-state index in [2.05, 4.69) is 20.8 Å². The zero-order valence-corrected chi connectivity index (χ0v) is 9.88. The van der Waals surface area contributed by atoms with Crippen molar-refractivity contribution in [3.63, 3.8) is 0 Å². The van der Waals surface area contributed by atoms with Gasteiger partial charge in [0.15, 0.2) is 0 Å². The molecule has 14 heavy (non-hydrogen) atoms. The predicted octanol–water partition coefficient (Wildman–Crippen LogP) is 1.84. The molecule has 1 aliphatic heterocycles. The molecule has 0 bridgehead atoms. The van der Waals surface area contributed by atoms with E-state index in [4.69, 9.17) is 9.47 Å². The minimum atomic E-state index is -0.618. The molecule has 86 valence electrons.